The SMILES string of the molecule is CC1=CCC(C(=O)N2CCC3(CC2)Nc2cc(Cl)ccc2-n2cccc23)C=C1. The van der Waals surface area contributed by atoms with Gasteiger partial charge in [-0.25, -0.2) is 0 Å². The number of nitrogens with one attached hydrogen (secondary N) is 1. The van der Waals surface area contributed by atoms with Crippen LogP contribution in [0.5, 0.6) is 0 Å². The van der Waals surface area contributed by atoms with E-state index >= 15 is 0 Å². The van der Waals surface area contributed by atoms with Gasteiger partial charge in [0, 0.05) is 30.0 Å². The molecule has 5 rings (SSSR count). The van der Waals surface area contributed by atoms with Crippen LogP contribution in [0.1, 0.15) is 31.9 Å². The van der Waals surface area contributed by atoms with Crippen LogP contribution in [0.15, 0.2) is 60.3 Å². The van der Waals surface area contributed by atoms with Crippen LogP contribution in [0, 0.1) is 5.92 Å². The predicted molar refractivity (Wildman–Crippen MR) is 113 cm³/mol. The van der Waals surface area contributed by atoms with Gasteiger partial charge in [-0.05, 0) is 56.5 Å². The summed E-state index contributed by atoms with van der Waals surface area (Å²) in [6.45, 7) is 3.61. The fourth-order valence-electron chi connectivity index (χ4n) is 4.76. The van der Waals surface area contributed by atoms with E-state index in [0.717, 1.165) is 48.7 Å². The third-order valence-corrected chi connectivity index (χ3v) is 6.60. The standard InChI is InChI=1S/C23H24ClN3O/c1-16-4-6-17(7-5-16)22(28)26-13-10-23(11-14-26)21-3-2-12-27(21)20-9-8-18(24)15-19(20)25-23/h2-6,8-9,12,15,17,25H,7,10-11,13-14H2,1H3. The Labute approximate surface area is 170 Å². The van der Waals surface area contributed by atoms with Gasteiger partial charge in [0.25, 0.3) is 0 Å². The third-order valence-electron chi connectivity index (χ3n) is 6.36. The minimum Gasteiger partial charge on any atom is -0.372 e. The van der Waals surface area contributed by atoms with E-state index in [4.69, 9.17) is 11.6 Å². The minimum atomic E-state index is -0.156. The van der Waals surface area contributed by atoms with Crippen LogP contribution >= 0.6 is 11.6 Å². The average Bonchev–Trinajstić information content (AvgIpc) is 3.20. The van der Waals surface area contributed by atoms with E-state index in [1.807, 2.05) is 17.0 Å². The van der Waals surface area contributed by atoms with Gasteiger partial charge in [0.2, 0.25) is 5.91 Å². The highest BCUT2D eigenvalue weighted by molar-refractivity contribution is 6.31. The molecule has 0 radical (unpaired) electrons. The molecule has 1 aliphatic carbocycles. The van der Waals surface area contributed by atoms with E-state index in [2.05, 4.69) is 59.4 Å². The van der Waals surface area contributed by atoms with E-state index in [9.17, 15) is 4.79 Å². The number of amides is 1. The van der Waals surface area contributed by atoms with Crippen molar-refractivity contribution in [2.45, 2.75) is 31.7 Å². The zero-order valence-corrected chi connectivity index (χ0v) is 16.7. The van der Waals surface area contributed by atoms with Crippen molar-refractivity contribution in [1.82, 2.24) is 9.47 Å². The summed E-state index contributed by atoms with van der Waals surface area (Å²) in [6, 6.07) is 10.3. The molecule has 1 unspecified atom stereocenters. The molecule has 0 saturated carbocycles. The molecule has 2 aromatic rings. The Balaban J connectivity index is 1.38. The number of aromatic nitrogens is 1. The first kappa shape index (κ1) is 17.6. The van der Waals surface area contributed by atoms with Crippen molar-refractivity contribution in [1.29, 1.82) is 0 Å². The summed E-state index contributed by atoms with van der Waals surface area (Å²) < 4.78 is 2.26. The number of carbonyl (C=O) groups excluding carboxylic acids is 1. The molecule has 1 aromatic carbocycles. The number of carbonyl (C=O) groups is 1. The zero-order valence-electron chi connectivity index (χ0n) is 16.0. The summed E-state index contributed by atoms with van der Waals surface area (Å²) in [7, 11) is 0. The van der Waals surface area contributed by atoms with Crippen LogP contribution < -0.4 is 5.32 Å². The fourth-order valence-corrected chi connectivity index (χ4v) is 4.93. The second-order valence-electron chi connectivity index (χ2n) is 8.11. The summed E-state index contributed by atoms with van der Waals surface area (Å²) in [5.74, 6) is 0.241. The Bertz CT molecular complexity index is 995. The lowest BCUT2D eigenvalue weighted by Gasteiger charge is -2.46. The highest BCUT2D eigenvalue weighted by Crippen LogP contribution is 2.44. The van der Waals surface area contributed by atoms with Crippen molar-refractivity contribution in [2.24, 2.45) is 5.92 Å². The van der Waals surface area contributed by atoms with Gasteiger partial charge in [0.05, 0.1) is 22.8 Å². The van der Waals surface area contributed by atoms with Gasteiger partial charge in [0.1, 0.15) is 0 Å². The van der Waals surface area contributed by atoms with Gasteiger partial charge in [-0.3, -0.25) is 4.79 Å². The van der Waals surface area contributed by atoms with Gasteiger partial charge >= 0.3 is 0 Å². The van der Waals surface area contributed by atoms with Crippen molar-refractivity contribution in [3.8, 4) is 5.69 Å². The fraction of sp³-hybridized carbons (Fsp3) is 0.348. The Morgan fingerprint density at radius 3 is 2.82 bits per heavy atom. The maximum Gasteiger partial charge on any atom is 0.229 e. The normalized spacial score (nSPS) is 22.3. The highest BCUT2D eigenvalue weighted by Gasteiger charge is 2.42. The molecule has 1 amide bonds. The maximum atomic E-state index is 13.0. The van der Waals surface area contributed by atoms with Gasteiger partial charge in [-0.15, -0.1) is 0 Å². The molecular weight excluding hydrogens is 370 g/mol. The smallest absolute Gasteiger partial charge is 0.229 e. The number of rotatable bonds is 1. The first-order chi connectivity index (χ1) is 13.6. The number of halogens is 1. The van der Waals surface area contributed by atoms with Gasteiger partial charge in [-0.1, -0.05) is 35.4 Å². The lowest BCUT2D eigenvalue weighted by molar-refractivity contribution is -0.135. The number of hydrogen-bond acceptors (Lipinski definition) is 2. The monoisotopic (exact) mass is 393 g/mol. The first-order valence-electron chi connectivity index (χ1n) is 9.95. The quantitative estimate of drug-likeness (QED) is 0.748. The molecule has 3 aliphatic rings. The van der Waals surface area contributed by atoms with Crippen LogP contribution in [0.4, 0.5) is 5.69 Å². The van der Waals surface area contributed by atoms with Crippen LogP contribution in [-0.2, 0) is 10.3 Å². The second-order valence-corrected chi connectivity index (χ2v) is 8.54. The topological polar surface area (TPSA) is 37.3 Å². The van der Waals surface area contributed by atoms with Gasteiger partial charge in [0.15, 0.2) is 0 Å². The molecule has 1 fully saturated rings. The molecule has 144 valence electrons. The number of fused-ring (bicyclic) bond motifs is 4. The van der Waals surface area contributed by atoms with E-state index in [1.54, 1.807) is 0 Å². The van der Waals surface area contributed by atoms with Gasteiger partial charge in [-0.2, -0.15) is 0 Å². The number of likely N-dealkylation sites (tertiary alicyclic amines) is 1. The molecule has 1 spiro atoms. The van der Waals surface area contributed by atoms with Gasteiger partial charge < -0.3 is 14.8 Å². The number of allylic oxidation sites excluding steroid dienone is 3. The van der Waals surface area contributed by atoms with E-state index < -0.39 is 0 Å². The number of hydrogen-bond donors (Lipinski definition) is 1. The average molecular weight is 394 g/mol. The van der Waals surface area contributed by atoms with Crippen LogP contribution in [0.2, 0.25) is 5.02 Å². The maximum absolute atomic E-state index is 13.0. The molecule has 1 aromatic heterocycles. The molecule has 1 N–H and O–H groups in total. The van der Waals surface area contributed by atoms with Crippen LogP contribution in [0.3, 0.4) is 0 Å². The highest BCUT2D eigenvalue weighted by atomic mass is 35.5. The Kier molecular flexibility index (Phi) is 4.13. The molecule has 0 bridgehead atoms. The van der Waals surface area contributed by atoms with E-state index in [1.165, 1.54) is 11.3 Å². The molecule has 4 nitrogen and oxygen atoms in total. The van der Waals surface area contributed by atoms with Crippen molar-refractivity contribution >= 4 is 23.2 Å². The Morgan fingerprint density at radius 1 is 1.25 bits per heavy atom. The molecule has 5 heteroatoms. The van der Waals surface area contributed by atoms with Crippen molar-refractivity contribution < 1.29 is 4.79 Å². The van der Waals surface area contributed by atoms with Crippen molar-refractivity contribution in [3.63, 3.8) is 0 Å². The zero-order chi connectivity index (χ0) is 19.3. The number of anilines is 1. The summed E-state index contributed by atoms with van der Waals surface area (Å²) in [5.41, 5.74) is 4.54. The van der Waals surface area contributed by atoms with Crippen LogP contribution in [0.25, 0.3) is 5.69 Å². The third kappa shape index (κ3) is 2.78. The second kappa shape index (κ2) is 6.56. The summed E-state index contributed by atoms with van der Waals surface area (Å²) in [5, 5.41) is 4.51. The molecule has 1 saturated heterocycles. The number of piperidine rings is 1. The summed E-state index contributed by atoms with van der Waals surface area (Å²) in [6.07, 6.45) is 11.0. The minimum absolute atomic E-state index is 0.0135. The lowest BCUT2D eigenvalue weighted by atomic mass is 9.82. The van der Waals surface area contributed by atoms with Crippen LogP contribution in [-0.4, -0.2) is 28.5 Å². The molecular formula is C23H24ClN3O. The number of benzene rings is 1. The largest absolute Gasteiger partial charge is 0.372 e. The molecule has 1 atom stereocenters. The predicted octanol–water partition coefficient (Wildman–Crippen LogP) is 4.90. The molecule has 2 aliphatic heterocycles. The number of nitrogens with zero attached hydrogens (tertiary/aromatic N) is 2. The van der Waals surface area contributed by atoms with Crippen molar-refractivity contribution in [3.05, 3.63) is 71.0 Å². The van der Waals surface area contributed by atoms with Crippen molar-refractivity contribution in [2.75, 3.05) is 18.4 Å². The first-order valence-corrected chi connectivity index (χ1v) is 10.3. The Hall–Kier alpha value is -2.46. The van der Waals surface area contributed by atoms with E-state index in [0.29, 0.717) is 0 Å². The Morgan fingerprint density at radius 2 is 2.07 bits per heavy atom. The summed E-state index contributed by atoms with van der Waals surface area (Å²) in [4.78, 5) is 15.0. The summed E-state index contributed by atoms with van der Waals surface area (Å²) >= 11 is 6.25. The van der Waals surface area contributed by atoms with E-state index in [-0.39, 0.29) is 17.4 Å². The molecule has 3 heterocycles. The lowest BCUT2D eigenvalue weighted by Crippen LogP contribution is -2.52. The molecule has 28 heavy (non-hydrogen) atoms.